The van der Waals surface area contributed by atoms with Crippen LogP contribution in [0.3, 0.4) is 0 Å². The van der Waals surface area contributed by atoms with E-state index in [2.05, 4.69) is 0 Å². The van der Waals surface area contributed by atoms with Crippen LogP contribution >= 0.6 is 0 Å². The first-order valence-corrected chi connectivity index (χ1v) is 6.84. The third-order valence-electron chi connectivity index (χ3n) is 3.69. The maximum Gasteiger partial charge on any atom is 0.308 e. The number of aliphatic carboxylic acids is 1. The van der Waals surface area contributed by atoms with E-state index in [1.165, 1.54) is 19.2 Å². The van der Waals surface area contributed by atoms with Crippen molar-refractivity contribution in [2.45, 2.75) is 19.3 Å². The van der Waals surface area contributed by atoms with Crippen LogP contribution < -0.4 is 4.74 Å². The first-order valence-electron chi connectivity index (χ1n) is 6.84. The lowest BCUT2D eigenvalue weighted by molar-refractivity contribution is -0.145. The van der Waals surface area contributed by atoms with Crippen molar-refractivity contribution in [3.05, 3.63) is 29.6 Å². The lowest BCUT2D eigenvalue weighted by Gasteiger charge is -2.30. The van der Waals surface area contributed by atoms with Crippen LogP contribution in [-0.4, -0.2) is 42.1 Å². The van der Waals surface area contributed by atoms with E-state index in [4.69, 9.17) is 9.84 Å². The molecule has 0 spiro atoms. The van der Waals surface area contributed by atoms with Crippen LogP contribution in [0.2, 0.25) is 0 Å². The molecule has 21 heavy (non-hydrogen) atoms. The van der Waals surface area contributed by atoms with Crippen LogP contribution in [0.5, 0.6) is 5.75 Å². The Morgan fingerprint density at radius 3 is 2.86 bits per heavy atom. The van der Waals surface area contributed by atoms with Crippen molar-refractivity contribution in [2.24, 2.45) is 5.92 Å². The molecular formula is C15H18FNO4. The van der Waals surface area contributed by atoms with Gasteiger partial charge in [0, 0.05) is 13.1 Å². The van der Waals surface area contributed by atoms with Crippen LogP contribution in [0.25, 0.3) is 0 Å². The van der Waals surface area contributed by atoms with Crippen molar-refractivity contribution < 1.29 is 23.8 Å². The second-order valence-corrected chi connectivity index (χ2v) is 5.16. The van der Waals surface area contributed by atoms with E-state index >= 15 is 0 Å². The Morgan fingerprint density at radius 2 is 2.24 bits per heavy atom. The maximum atomic E-state index is 13.6. The van der Waals surface area contributed by atoms with Gasteiger partial charge in [0.15, 0.2) is 11.6 Å². The van der Waals surface area contributed by atoms with Gasteiger partial charge in [-0.15, -0.1) is 0 Å². The van der Waals surface area contributed by atoms with Crippen molar-refractivity contribution in [1.29, 1.82) is 0 Å². The van der Waals surface area contributed by atoms with E-state index < -0.39 is 17.7 Å². The first-order chi connectivity index (χ1) is 10.0. The van der Waals surface area contributed by atoms with Crippen LogP contribution in [0, 0.1) is 11.7 Å². The van der Waals surface area contributed by atoms with E-state index in [1.54, 1.807) is 11.0 Å². The van der Waals surface area contributed by atoms with Gasteiger partial charge in [-0.05, 0) is 30.5 Å². The monoisotopic (exact) mass is 295 g/mol. The van der Waals surface area contributed by atoms with Crippen LogP contribution in [0.4, 0.5) is 4.39 Å². The minimum absolute atomic E-state index is 0.0628. The Hall–Kier alpha value is -2.11. The number of amides is 1. The lowest BCUT2D eigenvalue weighted by Crippen LogP contribution is -2.43. The number of nitrogens with zero attached hydrogens (tertiary/aromatic N) is 1. The Morgan fingerprint density at radius 1 is 1.48 bits per heavy atom. The number of methoxy groups -OCH3 is 1. The number of piperidine rings is 1. The number of carbonyl (C=O) groups excluding carboxylic acids is 1. The molecular weight excluding hydrogens is 277 g/mol. The summed E-state index contributed by atoms with van der Waals surface area (Å²) in [6.07, 6.45) is 1.34. The zero-order chi connectivity index (χ0) is 15.4. The van der Waals surface area contributed by atoms with Gasteiger partial charge in [-0.1, -0.05) is 6.07 Å². The van der Waals surface area contributed by atoms with E-state index in [0.29, 0.717) is 24.9 Å². The van der Waals surface area contributed by atoms with E-state index in [0.717, 1.165) is 0 Å². The molecule has 1 saturated heterocycles. The number of ether oxygens (including phenoxy) is 1. The number of rotatable bonds is 4. The standard InChI is InChI=1S/C15H18FNO4/c1-21-13-5-4-10(7-12(13)16)8-14(18)17-6-2-3-11(9-17)15(19)20/h4-5,7,11H,2-3,6,8-9H2,1H3,(H,19,20)/t11-/m1/s1. The molecule has 2 rings (SSSR count). The number of benzene rings is 1. The van der Waals surface area contributed by atoms with Gasteiger partial charge in [-0.3, -0.25) is 9.59 Å². The van der Waals surface area contributed by atoms with Gasteiger partial charge >= 0.3 is 5.97 Å². The summed E-state index contributed by atoms with van der Waals surface area (Å²) in [5, 5.41) is 9.02. The van der Waals surface area contributed by atoms with Gasteiger partial charge in [0.25, 0.3) is 0 Å². The number of halogens is 1. The fraction of sp³-hybridized carbons (Fsp3) is 0.467. The molecule has 1 N–H and O–H groups in total. The normalized spacial score (nSPS) is 18.4. The summed E-state index contributed by atoms with van der Waals surface area (Å²) >= 11 is 0. The van der Waals surface area contributed by atoms with E-state index in [-0.39, 0.29) is 24.6 Å². The van der Waals surface area contributed by atoms with Gasteiger partial charge < -0.3 is 14.7 Å². The second-order valence-electron chi connectivity index (χ2n) is 5.16. The molecule has 1 amide bonds. The predicted octanol–water partition coefficient (Wildman–Crippen LogP) is 1.70. The quantitative estimate of drug-likeness (QED) is 0.918. The van der Waals surface area contributed by atoms with Crippen molar-refractivity contribution in [3.8, 4) is 5.75 Å². The van der Waals surface area contributed by atoms with Crippen molar-refractivity contribution in [1.82, 2.24) is 4.90 Å². The molecule has 0 radical (unpaired) electrons. The second kappa shape index (κ2) is 6.56. The number of hydrogen-bond donors (Lipinski definition) is 1. The molecule has 1 heterocycles. The highest BCUT2D eigenvalue weighted by Gasteiger charge is 2.28. The average molecular weight is 295 g/mol. The number of likely N-dealkylation sites (tertiary alicyclic amines) is 1. The minimum atomic E-state index is -0.872. The third-order valence-corrected chi connectivity index (χ3v) is 3.69. The molecule has 1 aromatic rings. The van der Waals surface area contributed by atoms with E-state index in [1.807, 2.05) is 0 Å². The molecule has 0 unspecified atom stereocenters. The van der Waals surface area contributed by atoms with Gasteiger partial charge in [0.2, 0.25) is 5.91 Å². The number of carbonyl (C=O) groups is 2. The molecule has 1 aliphatic heterocycles. The maximum absolute atomic E-state index is 13.6. The SMILES string of the molecule is COc1ccc(CC(=O)N2CCC[C@@H](C(=O)O)C2)cc1F. The Bertz CT molecular complexity index is 546. The molecule has 6 heteroatoms. The molecule has 1 fully saturated rings. The molecule has 0 aliphatic carbocycles. The van der Waals surface area contributed by atoms with Gasteiger partial charge in [-0.2, -0.15) is 0 Å². The predicted molar refractivity (Wildman–Crippen MR) is 73.6 cm³/mol. The molecule has 0 aromatic heterocycles. The number of carboxylic acids is 1. The number of carboxylic acid groups (broad SMARTS) is 1. The van der Waals surface area contributed by atoms with Gasteiger partial charge in [0.1, 0.15) is 0 Å². The van der Waals surface area contributed by atoms with Crippen molar-refractivity contribution in [2.75, 3.05) is 20.2 Å². The fourth-order valence-corrected chi connectivity index (χ4v) is 2.51. The largest absolute Gasteiger partial charge is 0.494 e. The molecule has 1 aliphatic rings. The van der Waals surface area contributed by atoms with Gasteiger partial charge in [0.05, 0.1) is 19.4 Å². The van der Waals surface area contributed by atoms with Gasteiger partial charge in [-0.25, -0.2) is 4.39 Å². The smallest absolute Gasteiger partial charge is 0.308 e. The molecule has 1 atom stereocenters. The summed E-state index contributed by atoms with van der Waals surface area (Å²) in [5.41, 5.74) is 0.552. The zero-order valence-electron chi connectivity index (χ0n) is 11.8. The molecule has 1 aromatic carbocycles. The highest BCUT2D eigenvalue weighted by Crippen LogP contribution is 2.20. The Labute approximate surface area is 122 Å². The molecule has 0 bridgehead atoms. The fourth-order valence-electron chi connectivity index (χ4n) is 2.51. The van der Waals surface area contributed by atoms with Crippen molar-refractivity contribution in [3.63, 3.8) is 0 Å². The minimum Gasteiger partial charge on any atom is -0.494 e. The van der Waals surface area contributed by atoms with Crippen LogP contribution in [-0.2, 0) is 16.0 Å². The highest BCUT2D eigenvalue weighted by atomic mass is 19.1. The summed E-state index contributed by atoms with van der Waals surface area (Å²) in [6.45, 7) is 0.786. The topological polar surface area (TPSA) is 66.8 Å². The molecule has 5 nitrogen and oxygen atoms in total. The molecule has 0 saturated carbocycles. The summed E-state index contributed by atoms with van der Waals surface area (Å²) in [7, 11) is 1.38. The highest BCUT2D eigenvalue weighted by molar-refractivity contribution is 5.80. The van der Waals surface area contributed by atoms with Crippen LogP contribution in [0.15, 0.2) is 18.2 Å². The Balaban J connectivity index is 2.00. The lowest BCUT2D eigenvalue weighted by atomic mass is 9.97. The summed E-state index contributed by atoms with van der Waals surface area (Å²) in [6, 6.07) is 4.39. The van der Waals surface area contributed by atoms with E-state index in [9.17, 15) is 14.0 Å². The zero-order valence-corrected chi connectivity index (χ0v) is 11.8. The summed E-state index contributed by atoms with van der Waals surface area (Å²) in [5.74, 6) is -1.93. The summed E-state index contributed by atoms with van der Waals surface area (Å²) in [4.78, 5) is 24.7. The Kier molecular flexibility index (Phi) is 4.77. The number of hydrogen-bond acceptors (Lipinski definition) is 3. The van der Waals surface area contributed by atoms with Crippen LogP contribution in [0.1, 0.15) is 18.4 Å². The summed E-state index contributed by atoms with van der Waals surface area (Å²) < 4.78 is 18.4. The van der Waals surface area contributed by atoms with Crippen molar-refractivity contribution >= 4 is 11.9 Å². The average Bonchev–Trinajstić information content (AvgIpc) is 2.47. The molecule has 114 valence electrons. The third kappa shape index (κ3) is 3.71. The first kappa shape index (κ1) is 15.3.